The number of benzene rings is 1. The molecule has 2 fully saturated rings. The Morgan fingerprint density at radius 1 is 1.23 bits per heavy atom. The van der Waals surface area contributed by atoms with Crippen LogP contribution in [0.25, 0.3) is 6.08 Å². The zero-order valence-electron chi connectivity index (χ0n) is 17.4. The standard InChI is InChI=1S/C23H27N3O3S2/c1-3-19-22(24-2)30-23(25-19)26-21(27)20(29-16-7-5-4-6-8-16)15-9-11-17(12-10-15)31(28)18-13-14-18/h3,9-12,16,18,20H,1-2,4-8,13-14H2,(H,25,26,27). The molecular weight excluding hydrogens is 430 g/mol. The van der Waals surface area contributed by atoms with Crippen LogP contribution in [0.15, 0.2) is 40.7 Å². The number of hydrogen-bond donors (Lipinski definition) is 1. The number of aromatic nitrogens is 1. The van der Waals surface area contributed by atoms with Gasteiger partial charge in [0.15, 0.2) is 11.2 Å². The summed E-state index contributed by atoms with van der Waals surface area (Å²) in [5.74, 6) is -0.276. The van der Waals surface area contributed by atoms with Crippen molar-refractivity contribution in [1.29, 1.82) is 0 Å². The fourth-order valence-electron chi connectivity index (χ4n) is 3.73. The summed E-state index contributed by atoms with van der Waals surface area (Å²) in [5, 5.41) is 4.20. The average molecular weight is 458 g/mol. The largest absolute Gasteiger partial charge is 0.360 e. The molecule has 164 valence electrons. The average Bonchev–Trinajstić information content (AvgIpc) is 3.58. The molecule has 2 atom stereocenters. The van der Waals surface area contributed by atoms with Crippen molar-refractivity contribution in [3.63, 3.8) is 0 Å². The molecule has 1 aromatic carbocycles. The van der Waals surface area contributed by atoms with Crippen LogP contribution in [0.1, 0.15) is 62.3 Å². The van der Waals surface area contributed by atoms with E-state index >= 15 is 0 Å². The third-order valence-corrected chi connectivity index (χ3v) is 8.29. The molecule has 0 bridgehead atoms. The van der Waals surface area contributed by atoms with Crippen molar-refractivity contribution >= 4 is 51.0 Å². The number of aliphatic imine (C=N–C) groups is 1. The number of hydrogen-bond acceptors (Lipinski definition) is 6. The lowest BCUT2D eigenvalue weighted by molar-refractivity contribution is -0.133. The number of carbonyl (C=O) groups excluding carboxylic acids is 1. The Hall–Kier alpha value is -2.16. The number of anilines is 1. The van der Waals surface area contributed by atoms with Gasteiger partial charge < -0.3 is 4.74 Å². The van der Waals surface area contributed by atoms with Crippen LogP contribution < -0.4 is 5.32 Å². The minimum absolute atomic E-state index is 0.0511. The fourth-order valence-corrected chi connectivity index (χ4v) is 5.86. The molecule has 6 nitrogen and oxygen atoms in total. The normalized spacial score (nSPS) is 18.8. The Bertz CT molecular complexity index is 951. The van der Waals surface area contributed by atoms with Gasteiger partial charge in [0.25, 0.3) is 5.91 Å². The minimum atomic E-state index is -0.972. The van der Waals surface area contributed by atoms with E-state index in [-0.39, 0.29) is 17.3 Å². The van der Waals surface area contributed by atoms with Crippen LogP contribution in [0.2, 0.25) is 0 Å². The van der Waals surface area contributed by atoms with Gasteiger partial charge in [0, 0.05) is 10.1 Å². The molecule has 8 heteroatoms. The van der Waals surface area contributed by atoms with Gasteiger partial charge in [-0.15, -0.1) is 0 Å². The maximum atomic E-state index is 13.2. The predicted molar refractivity (Wildman–Crippen MR) is 127 cm³/mol. The summed E-state index contributed by atoms with van der Waals surface area (Å²) in [6.07, 6.45) is 8.26. The highest BCUT2D eigenvalue weighted by Gasteiger charge is 2.31. The Kier molecular flexibility index (Phi) is 7.09. The summed E-state index contributed by atoms with van der Waals surface area (Å²) in [7, 11) is -0.972. The van der Waals surface area contributed by atoms with Gasteiger partial charge in [-0.05, 0) is 56.2 Å². The van der Waals surface area contributed by atoms with Crippen LogP contribution in [0.5, 0.6) is 0 Å². The number of nitrogens with zero attached hydrogens (tertiary/aromatic N) is 2. The van der Waals surface area contributed by atoms with E-state index in [4.69, 9.17) is 4.74 Å². The number of nitrogens with one attached hydrogen (secondary N) is 1. The number of rotatable bonds is 9. The molecule has 2 aromatic rings. The third-order valence-electron chi connectivity index (χ3n) is 5.56. The summed E-state index contributed by atoms with van der Waals surface area (Å²) in [6, 6.07) is 7.42. The summed E-state index contributed by atoms with van der Waals surface area (Å²) in [5.41, 5.74) is 1.34. The first-order valence-electron chi connectivity index (χ1n) is 10.7. The molecule has 0 aliphatic heterocycles. The Morgan fingerprint density at radius 2 is 1.94 bits per heavy atom. The topological polar surface area (TPSA) is 80.6 Å². The molecular formula is C23H27N3O3S2. The summed E-state index contributed by atoms with van der Waals surface area (Å²) in [4.78, 5) is 22.3. The van der Waals surface area contributed by atoms with Crippen molar-refractivity contribution < 1.29 is 13.7 Å². The lowest BCUT2D eigenvalue weighted by Crippen LogP contribution is -2.28. The van der Waals surface area contributed by atoms with E-state index in [0.717, 1.165) is 49.0 Å². The third kappa shape index (κ3) is 5.37. The highest BCUT2D eigenvalue weighted by atomic mass is 32.2. The van der Waals surface area contributed by atoms with E-state index in [2.05, 4.69) is 28.6 Å². The Balaban J connectivity index is 1.54. The highest BCUT2D eigenvalue weighted by Crippen LogP contribution is 2.34. The summed E-state index contributed by atoms with van der Waals surface area (Å²) >= 11 is 1.25. The molecule has 31 heavy (non-hydrogen) atoms. The maximum absolute atomic E-state index is 13.2. The van der Waals surface area contributed by atoms with Gasteiger partial charge in [-0.1, -0.05) is 49.3 Å². The Labute approximate surface area is 189 Å². The number of ether oxygens (including phenoxy) is 1. The molecule has 0 spiro atoms. The lowest BCUT2D eigenvalue weighted by Gasteiger charge is -2.27. The molecule has 2 aliphatic carbocycles. The molecule has 1 heterocycles. The first-order valence-corrected chi connectivity index (χ1v) is 12.7. The van der Waals surface area contributed by atoms with Crippen molar-refractivity contribution in [2.45, 2.75) is 67.3 Å². The number of thiazole rings is 1. The molecule has 4 rings (SSSR count). The zero-order chi connectivity index (χ0) is 21.8. The van der Waals surface area contributed by atoms with Crippen LogP contribution in [0.4, 0.5) is 10.1 Å². The smallest absolute Gasteiger partial charge is 0.259 e. The maximum Gasteiger partial charge on any atom is 0.259 e. The van der Waals surface area contributed by atoms with Crippen LogP contribution >= 0.6 is 11.3 Å². The van der Waals surface area contributed by atoms with Crippen LogP contribution in [-0.2, 0) is 20.3 Å². The van der Waals surface area contributed by atoms with E-state index in [1.807, 2.05) is 24.3 Å². The second-order valence-corrected chi connectivity index (χ2v) is 10.6. The van der Waals surface area contributed by atoms with Crippen molar-refractivity contribution in [3.8, 4) is 0 Å². The van der Waals surface area contributed by atoms with Gasteiger partial charge in [0.05, 0.1) is 16.9 Å². The first-order chi connectivity index (χ1) is 15.1. The van der Waals surface area contributed by atoms with E-state index in [9.17, 15) is 9.00 Å². The molecule has 1 aromatic heterocycles. The molecule has 1 amide bonds. The second-order valence-electron chi connectivity index (χ2n) is 7.90. The van der Waals surface area contributed by atoms with Crippen molar-refractivity contribution in [1.82, 2.24) is 4.98 Å². The van der Waals surface area contributed by atoms with Gasteiger partial charge in [-0.25, -0.2) is 4.98 Å². The summed E-state index contributed by atoms with van der Waals surface area (Å²) < 4.78 is 18.7. The molecule has 1 N–H and O–H groups in total. The zero-order valence-corrected chi connectivity index (χ0v) is 19.1. The number of amides is 1. The van der Waals surface area contributed by atoms with Crippen molar-refractivity contribution in [2.75, 3.05) is 5.32 Å². The minimum Gasteiger partial charge on any atom is -0.360 e. The Morgan fingerprint density at radius 3 is 2.52 bits per heavy atom. The number of carbonyl (C=O) groups is 1. The summed E-state index contributed by atoms with van der Waals surface area (Å²) in [6.45, 7) is 7.27. The van der Waals surface area contributed by atoms with Gasteiger partial charge in [0.2, 0.25) is 0 Å². The fraction of sp³-hybridized carbons (Fsp3) is 0.435. The van der Waals surface area contributed by atoms with Gasteiger partial charge in [-0.3, -0.25) is 19.3 Å². The van der Waals surface area contributed by atoms with Crippen LogP contribution in [-0.4, -0.2) is 33.2 Å². The quantitative estimate of drug-likeness (QED) is 0.510. The van der Waals surface area contributed by atoms with E-state index in [0.29, 0.717) is 15.8 Å². The van der Waals surface area contributed by atoms with Gasteiger partial charge >= 0.3 is 0 Å². The SMILES string of the molecule is C=Cc1nc(NC(=O)C(OC2CCCCC2)c2ccc(S(=O)C3CC3)cc2)sc1N=C. The van der Waals surface area contributed by atoms with Crippen LogP contribution in [0.3, 0.4) is 0 Å². The van der Waals surface area contributed by atoms with E-state index in [1.54, 1.807) is 6.08 Å². The van der Waals surface area contributed by atoms with Gasteiger partial charge in [-0.2, -0.15) is 0 Å². The lowest BCUT2D eigenvalue weighted by atomic mass is 9.97. The highest BCUT2D eigenvalue weighted by molar-refractivity contribution is 7.86. The first kappa shape index (κ1) is 22.0. The van der Waals surface area contributed by atoms with Crippen molar-refractivity contribution in [3.05, 3.63) is 42.1 Å². The van der Waals surface area contributed by atoms with Crippen molar-refractivity contribution in [2.24, 2.45) is 4.99 Å². The molecule has 0 saturated heterocycles. The van der Waals surface area contributed by atoms with Gasteiger partial charge in [0.1, 0.15) is 10.7 Å². The van der Waals surface area contributed by atoms with Crippen LogP contribution in [0, 0.1) is 0 Å². The van der Waals surface area contributed by atoms with E-state index < -0.39 is 16.9 Å². The predicted octanol–water partition coefficient (Wildman–Crippen LogP) is 5.42. The van der Waals surface area contributed by atoms with E-state index in [1.165, 1.54) is 17.8 Å². The molecule has 2 unspecified atom stereocenters. The molecule has 2 aliphatic rings. The monoisotopic (exact) mass is 457 g/mol. The molecule has 2 saturated carbocycles. The second kappa shape index (κ2) is 9.97. The molecule has 0 radical (unpaired) electrons.